The van der Waals surface area contributed by atoms with E-state index in [1.807, 2.05) is 19.9 Å². The Balaban J connectivity index is 2.15. The van der Waals surface area contributed by atoms with Crippen molar-refractivity contribution in [2.75, 3.05) is 5.73 Å². The number of amides is 1. The monoisotopic (exact) mass is 244 g/mol. The van der Waals surface area contributed by atoms with Crippen molar-refractivity contribution in [3.05, 3.63) is 47.5 Å². The number of nitrogens with zero attached hydrogens (tertiary/aromatic N) is 1. The highest BCUT2D eigenvalue weighted by molar-refractivity contribution is 5.96. The van der Waals surface area contributed by atoms with Crippen LogP contribution in [0.15, 0.2) is 30.6 Å². The number of aromatic amines is 1. The third kappa shape index (κ3) is 2.51. The van der Waals surface area contributed by atoms with Gasteiger partial charge in [-0.15, -0.1) is 0 Å². The SMILES string of the molecule is Cc1ccc(N)cc1C(=O)NC(C)c1ncc[nH]1. The Morgan fingerprint density at radius 3 is 2.94 bits per heavy atom. The van der Waals surface area contributed by atoms with Crippen molar-refractivity contribution >= 4 is 11.6 Å². The highest BCUT2D eigenvalue weighted by Crippen LogP contribution is 2.14. The Hall–Kier alpha value is -2.30. The van der Waals surface area contributed by atoms with Gasteiger partial charge in [-0.05, 0) is 31.5 Å². The molecule has 0 fully saturated rings. The van der Waals surface area contributed by atoms with E-state index < -0.39 is 0 Å². The number of hydrogen-bond donors (Lipinski definition) is 3. The van der Waals surface area contributed by atoms with Gasteiger partial charge in [0.1, 0.15) is 5.82 Å². The quantitative estimate of drug-likeness (QED) is 0.720. The van der Waals surface area contributed by atoms with Crippen molar-refractivity contribution in [1.82, 2.24) is 15.3 Å². The van der Waals surface area contributed by atoms with E-state index in [2.05, 4.69) is 15.3 Å². The van der Waals surface area contributed by atoms with Gasteiger partial charge in [-0.3, -0.25) is 4.79 Å². The summed E-state index contributed by atoms with van der Waals surface area (Å²) in [6, 6.07) is 5.12. The summed E-state index contributed by atoms with van der Waals surface area (Å²) in [5, 5.41) is 2.88. The Labute approximate surface area is 105 Å². The molecule has 0 radical (unpaired) electrons. The van der Waals surface area contributed by atoms with Crippen LogP contribution in [-0.4, -0.2) is 15.9 Å². The zero-order valence-corrected chi connectivity index (χ0v) is 10.4. The van der Waals surface area contributed by atoms with Crippen molar-refractivity contribution in [3.63, 3.8) is 0 Å². The van der Waals surface area contributed by atoms with Crippen LogP contribution in [0.2, 0.25) is 0 Å². The van der Waals surface area contributed by atoms with E-state index in [4.69, 9.17) is 5.73 Å². The molecule has 4 N–H and O–H groups in total. The Morgan fingerprint density at radius 1 is 1.50 bits per heavy atom. The molecule has 1 heterocycles. The average Bonchev–Trinajstić information content (AvgIpc) is 2.85. The molecule has 1 amide bonds. The second kappa shape index (κ2) is 4.91. The highest BCUT2D eigenvalue weighted by atomic mass is 16.1. The molecule has 94 valence electrons. The first-order valence-corrected chi connectivity index (χ1v) is 5.74. The number of aromatic nitrogens is 2. The molecule has 2 aromatic rings. The lowest BCUT2D eigenvalue weighted by atomic mass is 10.1. The van der Waals surface area contributed by atoms with Gasteiger partial charge in [-0.25, -0.2) is 4.98 Å². The number of carbonyl (C=O) groups excluding carboxylic acids is 1. The molecular weight excluding hydrogens is 228 g/mol. The predicted molar refractivity (Wildman–Crippen MR) is 70.1 cm³/mol. The zero-order chi connectivity index (χ0) is 13.1. The van der Waals surface area contributed by atoms with Gasteiger partial charge in [0.05, 0.1) is 6.04 Å². The molecule has 5 nitrogen and oxygen atoms in total. The summed E-state index contributed by atoms with van der Waals surface area (Å²) in [7, 11) is 0. The second-order valence-electron chi connectivity index (χ2n) is 4.24. The van der Waals surface area contributed by atoms with Crippen molar-refractivity contribution in [3.8, 4) is 0 Å². The van der Waals surface area contributed by atoms with Gasteiger partial charge < -0.3 is 16.0 Å². The van der Waals surface area contributed by atoms with Crippen LogP contribution in [0.25, 0.3) is 0 Å². The summed E-state index contributed by atoms with van der Waals surface area (Å²) in [5.74, 6) is 0.577. The largest absolute Gasteiger partial charge is 0.399 e. The van der Waals surface area contributed by atoms with Gasteiger partial charge in [0.25, 0.3) is 5.91 Å². The third-order valence-electron chi connectivity index (χ3n) is 2.78. The van der Waals surface area contributed by atoms with E-state index in [9.17, 15) is 4.79 Å². The molecule has 0 bridgehead atoms. The minimum absolute atomic E-state index is 0.149. The van der Waals surface area contributed by atoms with E-state index in [0.717, 1.165) is 11.4 Å². The smallest absolute Gasteiger partial charge is 0.252 e. The summed E-state index contributed by atoms with van der Waals surface area (Å²) in [4.78, 5) is 19.2. The first-order chi connectivity index (χ1) is 8.58. The minimum atomic E-state index is -0.173. The summed E-state index contributed by atoms with van der Waals surface area (Å²) in [6.45, 7) is 3.75. The molecule has 1 atom stereocenters. The number of H-pyrrole nitrogens is 1. The number of rotatable bonds is 3. The molecule has 1 aromatic carbocycles. The fourth-order valence-corrected chi connectivity index (χ4v) is 1.74. The molecule has 1 aromatic heterocycles. The summed E-state index contributed by atoms with van der Waals surface area (Å²) in [6.07, 6.45) is 3.38. The fourth-order valence-electron chi connectivity index (χ4n) is 1.74. The molecule has 0 saturated carbocycles. The lowest BCUT2D eigenvalue weighted by Gasteiger charge is -2.13. The van der Waals surface area contributed by atoms with Crippen molar-refractivity contribution in [2.45, 2.75) is 19.9 Å². The zero-order valence-electron chi connectivity index (χ0n) is 10.4. The van der Waals surface area contributed by atoms with Crippen LogP contribution in [0.5, 0.6) is 0 Å². The number of anilines is 1. The van der Waals surface area contributed by atoms with Crippen LogP contribution in [0, 0.1) is 6.92 Å². The molecule has 0 aliphatic heterocycles. The van der Waals surface area contributed by atoms with E-state index in [1.165, 1.54) is 0 Å². The Morgan fingerprint density at radius 2 is 2.28 bits per heavy atom. The van der Waals surface area contributed by atoms with Gasteiger partial charge in [-0.1, -0.05) is 6.07 Å². The lowest BCUT2D eigenvalue weighted by Crippen LogP contribution is -2.28. The number of benzene rings is 1. The van der Waals surface area contributed by atoms with Crippen molar-refractivity contribution in [2.24, 2.45) is 0 Å². The molecule has 18 heavy (non-hydrogen) atoms. The third-order valence-corrected chi connectivity index (χ3v) is 2.78. The molecular formula is C13H16N4O. The number of hydrogen-bond acceptors (Lipinski definition) is 3. The van der Waals surface area contributed by atoms with Crippen LogP contribution in [0.4, 0.5) is 5.69 Å². The standard InChI is InChI=1S/C13H16N4O/c1-8-3-4-10(14)7-11(8)13(18)17-9(2)12-15-5-6-16-12/h3-7,9H,14H2,1-2H3,(H,15,16)(H,17,18). The van der Waals surface area contributed by atoms with Crippen LogP contribution in [-0.2, 0) is 0 Å². The van der Waals surface area contributed by atoms with Gasteiger partial charge in [0, 0.05) is 23.6 Å². The number of imidazole rings is 1. The minimum Gasteiger partial charge on any atom is -0.399 e. The summed E-state index contributed by atoms with van der Waals surface area (Å²) in [5.41, 5.74) is 7.76. The number of aryl methyl sites for hydroxylation is 1. The summed E-state index contributed by atoms with van der Waals surface area (Å²) >= 11 is 0. The van der Waals surface area contributed by atoms with Gasteiger partial charge in [0.2, 0.25) is 0 Å². The normalized spacial score (nSPS) is 12.1. The van der Waals surface area contributed by atoms with Crippen molar-refractivity contribution < 1.29 is 4.79 Å². The fraction of sp³-hybridized carbons (Fsp3) is 0.231. The Kier molecular flexibility index (Phi) is 3.32. The van der Waals surface area contributed by atoms with E-state index in [1.54, 1.807) is 24.5 Å². The average molecular weight is 244 g/mol. The maximum atomic E-state index is 12.1. The molecule has 0 saturated heterocycles. The van der Waals surface area contributed by atoms with E-state index in [-0.39, 0.29) is 11.9 Å². The van der Waals surface area contributed by atoms with Gasteiger partial charge >= 0.3 is 0 Å². The van der Waals surface area contributed by atoms with Crippen LogP contribution < -0.4 is 11.1 Å². The van der Waals surface area contributed by atoms with Crippen molar-refractivity contribution in [1.29, 1.82) is 0 Å². The first-order valence-electron chi connectivity index (χ1n) is 5.74. The van der Waals surface area contributed by atoms with E-state index in [0.29, 0.717) is 11.3 Å². The molecule has 0 spiro atoms. The molecule has 0 aliphatic rings. The topological polar surface area (TPSA) is 83.8 Å². The lowest BCUT2D eigenvalue weighted by molar-refractivity contribution is 0.0938. The van der Waals surface area contributed by atoms with Crippen LogP contribution in [0.1, 0.15) is 34.7 Å². The predicted octanol–water partition coefficient (Wildman–Crippen LogP) is 1.79. The number of nitrogens with one attached hydrogen (secondary N) is 2. The number of nitrogens with two attached hydrogens (primary N) is 1. The van der Waals surface area contributed by atoms with Gasteiger partial charge in [-0.2, -0.15) is 0 Å². The molecule has 2 rings (SSSR count). The molecule has 5 heteroatoms. The highest BCUT2D eigenvalue weighted by Gasteiger charge is 2.14. The maximum Gasteiger partial charge on any atom is 0.252 e. The maximum absolute atomic E-state index is 12.1. The Bertz CT molecular complexity index is 548. The molecule has 0 aliphatic carbocycles. The second-order valence-corrected chi connectivity index (χ2v) is 4.24. The summed E-state index contributed by atoms with van der Waals surface area (Å²) < 4.78 is 0. The first kappa shape index (κ1) is 12.2. The van der Waals surface area contributed by atoms with Crippen LogP contribution in [0.3, 0.4) is 0 Å². The number of carbonyl (C=O) groups is 1. The van der Waals surface area contributed by atoms with Gasteiger partial charge in [0.15, 0.2) is 0 Å². The van der Waals surface area contributed by atoms with E-state index >= 15 is 0 Å². The van der Waals surface area contributed by atoms with Crippen LogP contribution >= 0.6 is 0 Å². The molecule has 1 unspecified atom stereocenters. The number of nitrogen functional groups attached to an aromatic ring is 1.